The van der Waals surface area contributed by atoms with Crippen molar-refractivity contribution in [2.75, 3.05) is 11.5 Å². The van der Waals surface area contributed by atoms with E-state index in [1.807, 2.05) is 61.2 Å². The first-order valence-corrected chi connectivity index (χ1v) is 8.61. The number of hydrogen-bond donors (Lipinski definition) is 1. The molecule has 1 heterocycles. The van der Waals surface area contributed by atoms with Crippen molar-refractivity contribution in [3.63, 3.8) is 0 Å². The molecule has 0 spiro atoms. The summed E-state index contributed by atoms with van der Waals surface area (Å²) in [4.78, 5) is 12.0. The molecule has 2 aromatic rings. The summed E-state index contributed by atoms with van der Waals surface area (Å²) >= 11 is 1.89. The highest BCUT2D eigenvalue weighted by molar-refractivity contribution is 8.00. The van der Waals surface area contributed by atoms with Crippen molar-refractivity contribution in [1.29, 1.82) is 0 Å². The molecule has 0 saturated carbocycles. The maximum Gasteiger partial charge on any atom is 0.271 e. The van der Waals surface area contributed by atoms with E-state index in [1.165, 1.54) is 0 Å². The van der Waals surface area contributed by atoms with Crippen LogP contribution >= 0.6 is 11.8 Å². The lowest BCUT2D eigenvalue weighted by Crippen LogP contribution is -2.31. The van der Waals surface area contributed by atoms with E-state index in [2.05, 4.69) is 10.5 Å². The molecule has 4 nitrogen and oxygen atoms in total. The zero-order valence-corrected chi connectivity index (χ0v) is 13.7. The molecule has 0 aromatic heterocycles. The summed E-state index contributed by atoms with van der Waals surface area (Å²) < 4.78 is 5.83. The van der Waals surface area contributed by atoms with Gasteiger partial charge in [-0.1, -0.05) is 29.8 Å². The number of hydrazone groups is 1. The second-order valence-electron chi connectivity index (χ2n) is 5.42. The first-order chi connectivity index (χ1) is 11.2. The zero-order chi connectivity index (χ0) is 16.1. The summed E-state index contributed by atoms with van der Waals surface area (Å²) in [6.07, 6.45) is 1.93. The Kier molecular flexibility index (Phi) is 4.98. The van der Waals surface area contributed by atoms with Crippen molar-refractivity contribution in [2.24, 2.45) is 5.10 Å². The molecule has 1 fully saturated rings. The Balaban J connectivity index is 1.59. The predicted molar refractivity (Wildman–Crippen MR) is 94.4 cm³/mol. The molecule has 2 aromatic carbocycles. The van der Waals surface area contributed by atoms with E-state index < -0.39 is 0 Å². The second-order valence-corrected chi connectivity index (χ2v) is 6.49. The van der Waals surface area contributed by atoms with Crippen molar-refractivity contribution in [3.05, 3.63) is 65.2 Å². The van der Waals surface area contributed by atoms with Crippen LogP contribution in [0, 0.1) is 6.92 Å². The van der Waals surface area contributed by atoms with Crippen LogP contribution < -0.4 is 10.2 Å². The van der Waals surface area contributed by atoms with Gasteiger partial charge < -0.3 is 4.74 Å². The van der Waals surface area contributed by atoms with E-state index in [9.17, 15) is 4.79 Å². The molecule has 1 N–H and O–H groups in total. The summed E-state index contributed by atoms with van der Waals surface area (Å²) in [7, 11) is 0. The number of carbonyl (C=O) groups is 1. The minimum Gasteiger partial charge on any atom is -0.489 e. The van der Waals surface area contributed by atoms with Crippen LogP contribution in [-0.2, 0) is 0 Å². The number of amides is 1. The Bertz CT molecular complexity index is 726. The molecule has 0 bridgehead atoms. The highest BCUT2D eigenvalue weighted by atomic mass is 32.2. The number of aryl methyl sites for hydroxylation is 1. The van der Waals surface area contributed by atoms with Crippen LogP contribution in [0.3, 0.4) is 0 Å². The quantitative estimate of drug-likeness (QED) is 0.678. The number of thioether (sulfide) groups is 1. The second kappa shape index (κ2) is 7.33. The van der Waals surface area contributed by atoms with Gasteiger partial charge in [-0.15, -0.1) is 0 Å². The van der Waals surface area contributed by atoms with Crippen molar-refractivity contribution in [3.8, 4) is 5.75 Å². The molecule has 23 heavy (non-hydrogen) atoms. The number of nitrogens with zero attached hydrogens (tertiary/aromatic N) is 1. The maximum absolute atomic E-state index is 12.0. The first kappa shape index (κ1) is 15.6. The molecule has 1 aliphatic rings. The standard InChI is InChI=1S/C18H18N2O2S/c1-13-4-2-6-15(8-13)18(21)20-19-10-14-5-3-7-16(9-14)22-17-11-23-12-17/h2-10,17H,11-12H2,1H3,(H,20,21). The fraction of sp³-hybridized carbons (Fsp3) is 0.222. The SMILES string of the molecule is Cc1cccc(C(=O)NN=Cc2cccc(OC3CSC3)c2)c1. The lowest BCUT2D eigenvalue weighted by atomic mass is 10.1. The highest BCUT2D eigenvalue weighted by Crippen LogP contribution is 2.24. The molecular formula is C18H18N2O2S. The predicted octanol–water partition coefficient (Wildman–Crippen LogP) is 3.25. The Morgan fingerprint density at radius 1 is 1.26 bits per heavy atom. The lowest BCUT2D eigenvalue weighted by Gasteiger charge is -2.25. The Hall–Kier alpha value is -2.27. The van der Waals surface area contributed by atoms with Crippen molar-refractivity contribution in [1.82, 2.24) is 5.43 Å². The molecular weight excluding hydrogens is 308 g/mol. The Labute approximate surface area is 139 Å². The monoisotopic (exact) mass is 326 g/mol. The third-order valence-corrected chi connectivity index (χ3v) is 4.64. The summed E-state index contributed by atoms with van der Waals surface area (Å²) in [5.74, 6) is 2.71. The van der Waals surface area contributed by atoms with Crippen molar-refractivity contribution >= 4 is 23.9 Å². The number of nitrogens with one attached hydrogen (secondary N) is 1. The van der Waals surface area contributed by atoms with E-state index >= 15 is 0 Å². The van der Waals surface area contributed by atoms with Gasteiger partial charge in [-0.3, -0.25) is 4.79 Å². The highest BCUT2D eigenvalue weighted by Gasteiger charge is 2.19. The van der Waals surface area contributed by atoms with Crippen LogP contribution in [-0.4, -0.2) is 29.7 Å². The zero-order valence-electron chi connectivity index (χ0n) is 12.9. The summed E-state index contributed by atoms with van der Waals surface area (Å²) in [5.41, 5.74) is 5.07. The van der Waals surface area contributed by atoms with Gasteiger partial charge in [0.25, 0.3) is 5.91 Å². The summed E-state index contributed by atoms with van der Waals surface area (Å²) in [6, 6.07) is 15.1. The van der Waals surface area contributed by atoms with Gasteiger partial charge in [-0.2, -0.15) is 16.9 Å². The van der Waals surface area contributed by atoms with Crippen LogP contribution in [0.15, 0.2) is 53.6 Å². The van der Waals surface area contributed by atoms with Gasteiger partial charge in [0.05, 0.1) is 6.21 Å². The van der Waals surface area contributed by atoms with Crippen LogP contribution in [0.5, 0.6) is 5.75 Å². The van der Waals surface area contributed by atoms with E-state index in [1.54, 1.807) is 12.3 Å². The average Bonchev–Trinajstić information content (AvgIpc) is 2.51. The lowest BCUT2D eigenvalue weighted by molar-refractivity contribution is 0.0955. The largest absolute Gasteiger partial charge is 0.489 e. The van der Waals surface area contributed by atoms with Crippen LogP contribution in [0.25, 0.3) is 0 Å². The smallest absolute Gasteiger partial charge is 0.271 e. The van der Waals surface area contributed by atoms with Crippen LogP contribution in [0.2, 0.25) is 0 Å². The summed E-state index contributed by atoms with van der Waals surface area (Å²) in [5, 5.41) is 4.02. The van der Waals surface area contributed by atoms with E-state index in [-0.39, 0.29) is 5.91 Å². The number of hydrogen-bond acceptors (Lipinski definition) is 4. The molecule has 0 radical (unpaired) electrons. The van der Waals surface area contributed by atoms with Gasteiger partial charge in [0.1, 0.15) is 11.9 Å². The summed E-state index contributed by atoms with van der Waals surface area (Å²) in [6.45, 7) is 1.95. The van der Waals surface area contributed by atoms with Crippen LogP contribution in [0.4, 0.5) is 0 Å². The van der Waals surface area contributed by atoms with Crippen molar-refractivity contribution < 1.29 is 9.53 Å². The third kappa shape index (κ3) is 4.36. The molecule has 1 amide bonds. The molecule has 1 saturated heterocycles. The van der Waals surface area contributed by atoms with E-state index in [4.69, 9.17) is 4.74 Å². The fourth-order valence-corrected chi connectivity index (χ4v) is 2.72. The number of ether oxygens (including phenoxy) is 1. The third-order valence-electron chi connectivity index (χ3n) is 3.43. The molecule has 118 valence electrons. The topological polar surface area (TPSA) is 50.7 Å². The van der Waals surface area contributed by atoms with Gasteiger partial charge in [0, 0.05) is 17.1 Å². The molecule has 0 unspecified atom stereocenters. The molecule has 3 rings (SSSR count). The first-order valence-electron chi connectivity index (χ1n) is 7.45. The van der Waals surface area contributed by atoms with Crippen LogP contribution in [0.1, 0.15) is 21.5 Å². The van der Waals surface area contributed by atoms with E-state index in [0.717, 1.165) is 28.4 Å². The minimum atomic E-state index is -0.219. The normalized spacial score (nSPS) is 14.5. The molecule has 5 heteroatoms. The van der Waals surface area contributed by atoms with Gasteiger partial charge in [-0.05, 0) is 36.8 Å². The molecule has 0 aliphatic carbocycles. The van der Waals surface area contributed by atoms with E-state index in [0.29, 0.717) is 11.7 Å². The molecule has 0 atom stereocenters. The molecule has 1 aliphatic heterocycles. The fourth-order valence-electron chi connectivity index (χ4n) is 2.16. The maximum atomic E-state index is 12.0. The van der Waals surface area contributed by atoms with Gasteiger partial charge >= 0.3 is 0 Å². The Morgan fingerprint density at radius 2 is 2.09 bits per heavy atom. The van der Waals surface area contributed by atoms with Crippen molar-refractivity contribution in [2.45, 2.75) is 13.0 Å². The average molecular weight is 326 g/mol. The number of rotatable bonds is 5. The Morgan fingerprint density at radius 3 is 2.83 bits per heavy atom. The number of carbonyl (C=O) groups excluding carboxylic acids is 1. The van der Waals surface area contributed by atoms with Gasteiger partial charge in [-0.25, -0.2) is 5.43 Å². The van der Waals surface area contributed by atoms with Gasteiger partial charge in [0.15, 0.2) is 0 Å². The number of benzene rings is 2. The minimum absolute atomic E-state index is 0.219. The van der Waals surface area contributed by atoms with Gasteiger partial charge in [0.2, 0.25) is 0 Å².